The minimum Gasteiger partial charge on any atom is -0.492 e. The van der Waals surface area contributed by atoms with E-state index in [-0.39, 0.29) is 29.2 Å². The molecule has 1 N–H and O–H groups in total. The summed E-state index contributed by atoms with van der Waals surface area (Å²) in [6.45, 7) is 0.193. The molecule has 0 aromatic heterocycles. The summed E-state index contributed by atoms with van der Waals surface area (Å²) in [5, 5.41) is 2.46. The van der Waals surface area contributed by atoms with E-state index in [1.807, 2.05) is 0 Å². The van der Waals surface area contributed by atoms with E-state index in [9.17, 15) is 17.6 Å². The molecule has 0 aliphatic rings. The van der Waals surface area contributed by atoms with Gasteiger partial charge in [0.25, 0.3) is 9.05 Å². The fraction of sp³-hybridized carbons (Fsp3) is 0.364. The predicted octanol–water partition coefficient (Wildman–Crippen LogP) is 2.42. The Labute approximate surface area is 129 Å². The van der Waals surface area contributed by atoms with Gasteiger partial charge in [0.15, 0.2) is 0 Å². The zero-order chi connectivity index (χ0) is 15.3. The molecule has 20 heavy (non-hydrogen) atoms. The number of benzene rings is 1. The van der Waals surface area contributed by atoms with Gasteiger partial charge in [-0.1, -0.05) is 0 Å². The van der Waals surface area contributed by atoms with E-state index in [2.05, 4.69) is 21.2 Å². The van der Waals surface area contributed by atoms with Gasteiger partial charge in [-0.3, -0.25) is 4.79 Å². The Kier molecular flexibility index (Phi) is 6.22. The van der Waals surface area contributed by atoms with Crippen molar-refractivity contribution in [2.45, 2.75) is 17.7 Å². The molecule has 0 radical (unpaired) electrons. The van der Waals surface area contributed by atoms with Gasteiger partial charge in [0.1, 0.15) is 16.5 Å². The van der Waals surface area contributed by atoms with Crippen LogP contribution in [-0.2, 0) is 13.8 Å². The number of amides is 1. The van der Waals surface area contributed by atoms with E-state index in [0.29, 0.717) is 6.42 Å². The topological polar surface area (TPSA) is 72.5 Å². The van der Waals surface area contributed by atoms with E-state index in [0.717, 1.165) is 12.1 Å². The molecule has 0 aliphatic heterocycles. The van der Waals surface area contributed by atoms with Gasteiger partial charge < -0.3 is 10.1 Å². The number of nitrogens with one attached hydrogen (secondary N) is 1. The van der Waals surface area contributed by atoms with E-state index in [1.54, 1.807) is 0 Å². The van der Waals surface area contributed by atoms with Crippen LogP contribution in [0.3, 0.4) is 0 Å². The van der Waals surface area contributed by atoms with Crippen molar-refractivity contribution in [1.82, 2.24) is 5.32 Å². The minimum atomic E-state index is -4.15. The smallest absolute Gasteiger partial charge is 0.264 e. The zero-order valence-corrected chi connectivity index (χ0v) is 13.6. The first-order valence-electron chi connectivity index (χ1n) is 5.52. The average Bonchev–Trinajstić information content (AvgIpc) is 2.36. The fourth-order valence-electron chi connectivity index (χ4n) is 1.35. The van der Waals surface area contributed by atoms with Crippen LogP contribution in [0.4, 0.5) is 4.39 Å². The van der Waals surface area contributed by atoms with Crippen LogP contribution in [0, 0.1) is 5.82 Å². The fourth-order valence-corrected chi connectivity index (χ4v) is 2.86. The number of hydrogen-bond donors (Lipinski definition) is 1. The van der Waals surface area contributed by atoms with Crippen molar-refractivity contribution in [2.75, 3.05) is 13.7 Å². The maximum absolute atomic E-state index is 13.6. The van der Waals surface area contributed by atoms with Gasteiger partial charge in [0, 0.05) is 30.2 Å². The third kappa shape index (κ3) is 4.92. The molecule has 0 saturated heterocycles. The Hall–Kier alpha value is -0.860. The minimum absolute atomic E-state index is 0.123. The normalized spacial score (nSPS) is 11.2. The van der Waals surface area contributed by atoms with Crippen LogP contribution in [0.15, 0.2) is 21.5 Å². The third-order valence-corrected chi connectivity index (χ3v) is 4.29. The van der Waals surface area contributed by atoms with Gasteiger partial charge in [-0.25, -0.2) is 12.8 Å². The maximum Gasteiger partial charge on any atom is 0.264 e. The second-order valence-corrected chi connectivity index (χ2v) is 7.16. The van der Waals surface area contributed by atoms with Crippen LogP contribution >= 0.6 is 26.6 Å². The molecule has 1 aromatic carbocycles. The number of rotatable bonds is 6. The summed E-state index contributed by atoms with van der Waals surface area (Å²) in [5.74, 6) is -0.976. The van der Waals surface area contributed by atoms with E-state index in [4.69, 9.17) is 15.4 Å². The first kappa shape index (κ1) is 17.2. The van der Waals surface area contributed by atoms with Gasteiger partial charge in [0.2, 0.25) is 5.91 Å². The molecule has 1 rings (SSSR count). The van der Waals surface area contributed by atoms with Crippen molar-refractivity contribution in [2.24, 2.45) is 0 Å². The van der Waals surface area contributed by atoms with Crippen molar-refractivity contribution in [1.29, 1.82) is 0 Å². The monoisotopic (exact) mass is 387 g/mol. The maximum atomic E-state index is 13.6. The lowest BCUT2D eigenvalue weighted by molar-refractivity contribution is -0.120. The summed E-state index contributed by atoms with van der Waals surface area (Å²) in [7, 11) is 2.47. The first-order chi connectivity index (χ1) is 9.25. The second-order valence-electron chi connectivity index (χ2n) is 3.78. The second kappa shape index (κ2) is 7.24. The number of carbonyl (C=O) groups excluding carboxylic acids is 1. The highest BCUT2D eigenvalue weighted by atomic mass is 79.9. The highest BCUT2D eigenvalue weighted by molar-refractivity contribution is 9.10. The predicted molar refractivity (Wildman–Crippen MR) is 75.9 cm³/mol. The molecule has 112 valence electrons. The van der Waals surface area contributed by atoms with E-state index in [1.165, 1.54) is 7.05 Å². The summed E-state index contributed by atoms with van der Waals surface area (Å²) >= 11 is 3.07. The molecule has 5 nitrogen and oxygen atoms in total. The van der Waals surface area contributed by atoms with Crippen LogP contribution in [0.25, 0.3) is 0 Å². The zero-order valence-electron chi connectivity index (χ0n) is 10.5. The van der Waals surface area contributed by atoms with E-state index >= 15 is 0 Å². The first-order valence-corrected chi connectivity index (χ1v) is 8.63. The Morgan fingerprint density at radius 3 is 2.70 bits per heavy atom. The largest absolute Gasteiger partial charge is 0.492 e. The van der Waals surface area contributed by atoms with Crippen molar-refractivity contribution >= 4 is 41.6 Å². The van der Waals surface area contributed by atoms with Crippen molar-refractivity contribution < 1.29 is 22.3 Å². The molecule has 0 unspecified atom stereocenters. The molecule has 0 atom stereocenters. The van der Waals surface area contributed by atoms with Crippen LogP contribution in [0.5, 0.6) is 5.75 Å². The Morgan fingerprint density at radius 1 is 1.50 bits per heavy atom. The molecule has 9 heteroatoms. The summed E-state index contributed by atoms with van der Waals surface area (Å²) in [6, 6.07) is 1.96. The lowest BCUT2D eigenvalue weighted by atomic mass is 10.3. The van der Waals surface area contributed by atoms with Crippen molar-refractivity contribution in [3.63, 3.8) is 0 Å². The van der Waals surface area contributed by atoms with Gasteiger partial charge in [-0.05, 0) is 28.4 Å². The molecular weight excluding hydrogens is 377 g/mol. The van der Waals surface area contributed by atoms with Crippen molar-refractivity contribution in [3.8, 4) is 5.75 Å². The summed E-state index contributed by atoms with van der Waals surface area (Å²) in [5.41, 5.74) is 0. The van der Waals surface area contributed by atoms with Gasteiger partial charge in [-0.2, -0.15) is 0 Å². The van der Waals surface area contributed by atoms with Crippen molar-refractivity contribution in [3.05, 3.63) is 22.4 Å². The van der Waals surface area contributed by atoms with Gasteiger partial charge in [0.05, 0.1) is 11.1 Å². The van der Waals surface area contributed by atoms with Crippen LogP contribution in [0.1, 0.15) is 12.8 Å². The standard InChI is InChI=1S/C11H12BrClFNO4S/c1-15-11(16)3-2-4-19-9-6-8(14)10(5-7(9)12)20(13,17)18/h5-6H,2-4H2,1H3,(H,15,16). The lowest BCUT2D eigenvalue weighted by Crippen LogP contribution is -2.18. The van der Waals surface area contributed by atoms with E-state index < -0.39 is 19.8 Å². The molecule has 0 heterocycles. The highest BCUT2D eigenvalue weighted by Crippen LogP contribution is 2.31. The molecule has 0 spiro atoms. The molecule has 0 aliphatic carbocycles. The van der Waals surface area contributed by atoms with Gasteiger partial charge >= 0.3 is 0 Å². The van der Waals surface area contributed by atoms with Gasteiger partial charge in [-0.15, -0.1) is 0 Å². The number of hydrogen-bond acceptors (Lipinski definition) is 4. The Balaban J connectivity index is 2.74. The number of halogens is 3. The van der Waals surface area contributed by atoms with Crippen LogP contribution < -0.4 is 10.1 Å². The average molecular weight is 389 g/mol. The molecule has 1 aromatic rings. The molecule has 0 bridgehead atoms. The molecule has 0 fully saturated rings. The summed E-state index contributed by atoms with van der Waals surface area (Å²) < 4.78 is 41.3. The molecule has 0 saturated carbocycles. The number of carbonyl (C=O) groups is 1. The molecule has 1 amide bonds. The third-order valence-electron chi connectivity index (χ3n) is 2.33. The quantitative estimate of drug-likeness (QED) is 0.600. The Bertz CT molecular complexity index is 609. The highest BCUT2D eigenvalue weighted by Gasteiger charge is 2.19. The SMILES string of the molecule is CNC(=O)CCCOc1cc(F)c(S(=O)(=O)Cl)cc1Br. The van der Waals surface area contributed by atoms with Crippen LogP contribution in [0.2, 0.25) is 0 Å². The number of ether oxygens (including phenoxy) is 1. The Morgan fingerprint density at radius 2 is 2.15 bits per heavy atom. The summed E-state index contributed by atoms with van der Waals surface area (Å²) in [4.78, 5) is 10.4. The molecular formula is C11H12BrClFNO4S. The lowest BCUT2D eigenvalue weighted by Gasteiger charge is -2.09. The summed E-state index contributed by atoms with van der Waals surface area (Å²) in [6.07, 6.45) is 0.730. The van der Waals surface area contributed by atoms with Crippen LogP contribution in [-0.4, -0.2) is 28.0 Å².